The van der Waals surface area contributed by atoms with Gasteiger partial charge in [0.05, 0.1) is 19.8 Å². The zero-order valence-electron chi connectivity index (χ0n) is 14.9. The lowest BCUT2D eigenvalue weighted by Crippen LogP contribution is -2.24. The molecule has 3 aromatic rings. The molecule has 3 rings (SSSR count). The smallest absolute Gasteiger partial charge is 0.303 e. The fourth-order valence-corrected chi connectivity index (χ4v) is 4.20. The van der Waals surface area contributed by atoms with Crippen molar-refractivity contribution in [2.75, 3.05) is 13.2 Å². The average Bonchev–Trinajstić information content (AvgIpc) is 3.08. The van der Waals surface area contributed by atoms with E-state index in [0.29, 0.717) is 12.4 Å². The van der Waals surface area contributed by atoms with E-state index in [0.717, 1.165) is 11.1 Å². The summed E-state index contributed by atoms with van der Waals surface area (Å²) in [6.07, 6.45) is 0. The Hall–Kier alpha value is -2.27. The van der Waals surface area contributed by atoms with Gasteiger partial charge in [-0.25, -0.2) is 4.68 Å². The first-order chi connectivity index (χ1) is 12.7. The minimum atomic E-state index is -3.56. The first kappa shape index (κ1) is 18.5. The van der Waals surface area contributed by atoms with Gasteiger partial charge in [0.15, 0.2) is 5.82 Å². The van der Waals surface area contributed by atoms with Gasteiger partial charge in [-0.3, -0.25) is 4.57 Å². The molecule has 0 amide bonds. The lowest BCUT2D eigenvalue weighted by atomic mass is 10.2. The molecule has 0 spiro atoms. The normalized spacial score (nSPS) is 11.6. The van der Waals surface area contributed by atoms with E-state index in [2.05, 4.69) is 10.1 Å². The molecule has 2 aromatic carbocycles. The van der Waals surface area contributed by atoms with E-state index >= 15 is 0 Å². The van der Waals surface area contributed by atoms with Gasteiger partial charge in [-0.1, -0.05) is 60.7 Å². The summed E-state index contributed by atoms with van der Waals surface area (Å²) in [6.45, 7) is 4.51. The lowest BCUT2D eigenvalue weighted by molar-refractivity contribution is 0.227. The first-order valence-corrected chi connectivity index (χ1v) is 10.1. The minimum Gasteiger partial charge on any atom is -0.303 e. The standard InChI is InChI=1S/C19H22N3O3P/c1-3-24-26(23,25-4-2)19-20-18(17-13-9-6-10-14-17)21-22(19)15-16-11-7-5-8-12-16/h5-14H,3-4,15H2,1-2H3. The van der Waals surface area contributed by atoms with Crippen LogP contribution in [0, 0.1) is 0 Å². The van der Waals surface area contributed by atoms with Crippen molar-refractivity contribution in [3.05, 3.63) is 66.2 Å². The Labute approximate surface area is 153 Å². The van der Waals surface area contributed by atoms with Crippen LogP contribution in [0.15, 0.2) is 60.7 Å². The molecule has 6 nitrogen and oxygen atoms in total. The first-order valence-electron chi connectivity index (χ1n) is 8.60. The summed E-state index contributed by atoms with van der Waals surface area (Å²) in [5.41, 5.74) is 2.10. The Kier molecular flexibility index (Phi) is 5.99. The zero-order chi connectivity index (χ0) is 18.4. The highest BCUT2D eigenvalue weighted by atomic mass is 31.2. The van der Waals surface area contributed by atoms with Crippen LogP contribution in [0.4, 0.5) is 0 Å². The van der Waals surface area contributed by atoms with Crippen LogP contribution in [0.1, 0.15) is 19.4 Å². The summed E-state index contributed by atoms with van der Waals surface area (Å²) < 4.78 is 25.9. The van der Waals surface area contributed by atoms with Gasteiger partial charge in [-0.2, -0.15) is 4.98 Å². The molecule has 7 heteroatoms. The van der Waals surface area contributed by atoms with E-state index in [9.17, 15) is 4.57 Å². The van der Waals surface area contributed by atoms with E-state index in [4.69, 9.17) is 9.05 Å². The fourth-order valence-electron chi connectivity index (χ4n) is 2.60. The van der Waals surface area contributed by atoms with Crippen molar-refractivity contribution in [1.82, 2.24) is 14.8 Å². The molecular weight excluding hydrogens is 349 g/mol. The van der Waals surface area contributed by atoms with E-state index in [-0.39, 0.29) is 18.8 Å². The van der Waals surface area contributed by atoms with Crippen LogP contribution in [0.3, 0.4) is 0 Å². The van der Waals surface area contributed by atoms with Gasteiger partial charge >= 0.3 is 7.60 Å². The molecule has 0 saturated carbocycles. The van der Waals surface area contributed by atoms with E-state index in [1.165, 1.54) is 0 Å². The number of aromatic nitrogens is 3. The number of hydrogen-bond donors (Lipinski definition) is 0. The monoisotopic (exact) mass is 371 g/mol. The molecule has 1 heterocycles. The molecular formula is C19H22N3O3P. The summed E-state index contributed by atoms with van der Waals surface area (Å²) >= 11 is 0. The molecule has 0 atom stereocenters. The molecule has 0 unspecified atom stereocenters. The van der Waals surface area contributed by atoms with Crippen LogP contribution in [0.2, 0.25) is 0 Å². The van der Waals surface area contributed by atoms with Crippen molar-refractivity contribution in [2.24, 2.45) is 0 Å². The molecule has 0 saturated heterocycles. The van der Waals surface area contributed by atoms with Gasteiger partial charge < -0.3 is 9.05 Å². The highest BCUT2D eigenvalue weighted by Gasteiger charge is 2.34. The van der Waals surface area contributed by atoms with E-state index < -0.39 is 7.60 Å². The zero-order valence-corrected chi connectivity index (χ0v) is 15.8. The van der Waals surface area contributed by atoms with Crippen LogP contribution >= 0.6 is 7.60 Å². The Morgan fingerprint density at radius 3 is 2.08 bits per heavy atom. The van der Waals surface area contributed by atoms with Crippen LogP contribution < -0.4 is 5.57 Å². The predicted molar refractivity (Wildman–Crippen MR) is 101 cm³/mol. The Bertz CT molecular complexity index is 872. The Morgan fingerprint density at radius 2 is 1.50 bits per heavy atom. The SMILES string of the molecule is CCOP(=O)(OCC)c1nc(-c2ccccc2)nn1Cc1ccccc1. The molecule has 0 aliphatic rings. The fraction of sp³-hybridized carbons (Fsp3) is 0.263. The van der Waals surface area contributed by atoms with Crippen molar-refractivity contribution in [3.63, 3.8) is 0 Å². The largest absolute Gasteiger partial charge is 0.398 e. The third-order valence-corrected chi connectivity index (χ3v) is 5.72. The molecule has 26 heavy (non-hydrogen) atoms. The summed E-state index contributed by atoms with van der Waals surface area (Å²) in [6, 6.07) is 19.4. The van der Waals surface area contributed by atoms with Gasteiger partial charge in [0.25, 0.3) is 0 Å². The molecule has 136 valence electrons. The van der Waals surface area contributed by atoms with Crippen molar-refractivity contribution >= 4 is 13.2 Å². The summed E-state index contributed by atoms with van der Waals surface area (Å²) in [7, 11) is -3.56. The van der Waals surface area contributed by atoms with Crippen LogP contribution in [-0.2, 0) is 20.2 Å². The predicted octanol–water partition coefficient (Wildman–Crippen LogP) is 3.88. The summed E-state index contributed by atoms with van der Waals surface area (Å²) in [4.78, 5) is 4.52. The van der Waals surface area contributed by atoms with E-state index in [1.807, 2.05) is 60.7 Å². The van der Waals surface area contributed by atoms with Crippen molar-refractivity contribution in [3.8, 4) is 11.4 Å². The number of hydrogen-bond acceptors (Lipinski definition) is 5. The van der Waals surface area contributed by atoms with Gasteiger partial charge in [0.1, 0.15) is 0 Å². The van der Waals surface area contributed by atoms with Crippen molar-refractivity contribution < 1.29 is 13.6 Å². The van der Waals surface area contributed by atoms with Gasteiger partial charge in [-0.15, -0.1) is 5.10 Å². The van der Waals surface area contributed by atoms with Crippen LogP contribution in [-0.4, -0.2) is 28.0 Å². The third-order valence-electron chi connectivity index (χ3n) is 3.70. The summed E-state index contributed by atoms with van der Waals surface area (Å²) in [5.74, 6) is 0.496. The second-order valence-electron chi connectivity index (χ2n) is 5.58. The molecule has 0 radical (unpaired) electrons. The molecule has 1 aromatic heterocycles. The van der Waals surface area contributed by atoms with Gasteiger partial charge in [0, 0.05) is 5.56 Å². The maximum atomic E-state index is 13.3. The number of rotatable bonds is 8. The van der Waals surface area contributed by atoms with Crippen molar-refractivity contribution in [1.29, 1.82) is 0 Å². The Morgan fingerprint density at radius 1 is 0.923 bits per heavy atom. The molecule has 0 N–H and O–H groups in total. The van der Waals surface area contributed by atoms with Gasteiger partial charge in [0.2, 0.25) is 5.57 Å². The highest BCUT2D eigenvalue weighted by Crippen LogP contribution is 2.46. The quantitative estimate of drug-likeness (QED) is 0.562. The number of benzene rings is 2. The van der Waals surface area contributed by atoms with Crippen molar-refractivity contribution in [2.45, 2.75) is 20.4 Å². The molecule has 0 fully saturated rings. The second-order valence-corrected chi connectivity index (χ2v) is 7.49. The van der Waals surface area contributed by atoms with Crippen LogP contribution in [0.25, 0.3) is 11.4 Å². The maximum Gasteiger partial charge on any atom is 0.398 e. The molecule has 0 aliphatic heterocycles. The van der Waals surface area contributed by atoms with Crippen LogP contribution in [0.5, 0.6) is 0 Å². The number of nitrogens with zero attached hydrogens (tertiary/aromatic N) is 3. The van der Waals surface area contributed by atoms with E-state index in [1.54, 1.807) is 18.5 Å². The summed E-state index contributed by atoms with van der Waals surface area (Å²) in [5, 5.41) is 4.58. The average molecular weight is 371 g/mol. The second kappa shape index (κ2) is 8.41. The van der Waals surface area contributed by atoms with Gasteiger partial charge in [-0.05, 0) is 19.4 Å². The third kappa shape index (κ3) is 4.10. The lowest BCUT2D eigenvalue weighted by Gasteiger charge is -2.16. The molecule has 0 bridgehead atoms. The highest BCUT2D eigenvalue weighted by molar-refractivity contribution is 7.61. The minimum absolute atomic E-state index is 0.226. The topological polar surface area (TPSA) is 66.2 Å². The Balaban J connectivity index is 2.08. The maximum absolute atomic E-state index is 13.3. The molecule has 0 aliphatic carbocycles.